The molecule has 1 N–H and O–H groups in total. The molecule has 2 heteroatoms. The lowest BCUT2D eigenvalue weighted by Crippen LogP contribution is -2.15. The molecule has 0 radical (unpaired) electrons. The van der Waals surface area contributed by atoms with Crippen molar-refractivity contribution in [3.63, 3.8) is 0 Å². The quantitative estimate of drug-likeness (QED) is 0.710. The molecule has 1 aromatic carbocycles. The smallest absolute Gasteiger partial charge is 0.0642 e. The van der Waals surface area contributed by atoms with Gasteiger partial charge in [0.15, 0.2) is 0 Å². The number of aryl methyl sites for hydroxylation is 1. The molecule has 0 heterocycles. The molecule has 1 atom stereocenters. The molecular weight excluding hydrogens is 198 g/mol. The summed E-state index contributed by atoms with van der Waals surface area (Å²) in [7, 11) is 0. The van der Waals surface area contributed by atoms with E-state index in [9.17, 15) is 0 Å². The standard InChI is InChI=1S/C14H23NO/c1-4-7-13(3)16-11-10-15-14-9-6-5-8-12(14)2/h5-6,8-9,13,15H,4,7,10-11H2,1-3H3. The fourth-order valence-corrected chi connectivity index (χ4v) is 1.71. The normalized spacial score (nSPS) is 12.4. The van der Waals surface area contributed by atoms with Gasteiger partial charge in [0.1, 0.15) is 0 Å². The number of hydrogen-bond donors (Lipinski definition) is 1. The van der Waals surface area contributed by atoms with Gasteiger partial charge in [-0.3, -0.25) is 0 Å². The lowest BCUT2D eigenvalue weighted by Gasteiger charge is -2.13. The van der Waals surface area contributed by atoms with Crippen molar-refractivity contribution in [3.8, 4) is 0 Å². The van der Waals surface area contributed by atoms with E-state index in [0.717, 1.165) is 19.6 Å². The SMILES string of the molecule is CCCC(C)OCCNc1ccccc1C. The highest BCUT2D eigenvalue weighted by molar-refractivity contribution is 5.50. The predicted molar refractivity (Wildman–Crippen MR) is 70.0 cm³/mol. The average Bonchev–Trinajstić information content (AvgIpc) is 2.27. The third-order valence-electron chi connectivity index (χ3n) is 2.66. The Morgan fingerprint density at radius 3 is 2.75 bits per heavy atom. The summed E-state index contributed by atoms with van der Waals surface area (Å²) in [4.78, 5) is 0. The minimum atomic E-state index is 0.378. The number of hydrogen-bond acceptors (Lipinski definition) is 2. The zero-order chi connectivity index (χ0) is 11.8. The Labute approximate surface area is 99.0 Å². The van der Waals surface area contributed by atoms with Gasteiger partial charge in [0, 0.05) is 12.2 Å². The summed E-state index contributed by atoms with van der Waals surface area (Å²) in [6.45, 7) is 8.08. The molecule has 0 saturated carbocycles. The van der Waals surface area contributed by atoms with Crippen LogP contribution in [0.1, 0.15) is 32.3 Å². The maximum atomic E-state index is 5.68. The van der Waals surface area contributed by atoms with Crippen LogP contribution in [-0.4, -0.2) is 19.3 Å². The highest BCUT2D eigenvalue weighted by Crippen LogP contribution is 2.12. The average molecular weight is 221 g/mol. The van der Waals surface area contributed by atoms with Crippen LogP contribution in [0.3, 0.4) is 0 Å². The van der Waals surface area contributed by atoms with Crippen molar-refractivity contribution < 1.29 is 4.74 Å². The lowest BCUT2D eigenvalue weighted by atomic mass is 10.2. The van der Waals surface area contributed by atoms with Gasteiger partial charge in [-0.25, -0.2) is 0 Å². The molecule has 0 saturated heterocycles. The monoisotopic (exact) mass is 221 g/mol. The number of anilines is 1. The summed E-state index contributed by atoms with van der Waals surface area (Å²) in [5.74, 6) is 0. The van der Waals surface area contributed by atoms with E-state index in [0.29, 0.717) is 6.10 Å². The Kier molecular flexibility index (Phi) is 5.94. The topological polar surface area (TPSA) is 21.3 Å². The molecule has 0 bridgehead atoms. The molecule has 0 fully saturated rings. The van der Waals surface area contributed by atoms with Gasteiger partial charge in [-0.1, -0.05) is 31.5 Å². The number of rotatable bonds is 7. The Balaban J connectivity index is 2.19. The van der Waals surface area contributed by atoms with Gasteiger partial charge in [-0.2, -0.15) is 0 Å². The van der Waals surface area contributed by atoms with Crippen LogP contribution in [0, 0.1) is 6.92 Å². The number of nitrogens with one attached hydrogen (secondary N) is 1. The van der Waals surface area contributed by atoms with Crippen LogP contribution in [0.25, 0.3) is 0 Å². The van der Waals surface area contributed by atoms with Gasteiger partial charge in [-0.15, -0.1) is 0 Å². The van der Waals surface area contributed by atoms with Crippen LogP contribution < -0.4 is 5.32 Å². The number of para-hydroxylation sites is 1. The molecule has 0 aliphatic heterocycles. The third-order valence-corrected chi connectivity index (χ3v) is 2.66. The predicted octanol–water partition coefficient (Wildman–Crippen LogP) is 3.61. The van der Waals surface area contributed by atoms with Crippen molar-refractivity contribution in [1.82, 2.24) is 0 Å². The van der Waals surface area contributed by atoms with E-state index in [1.807, 2.05) is 0 Å². The van der Waals surface area contributed by atoms with E-state index in [1.165, 1.54) is 17.7 Å². The van der Waals surface area contributed by atoms with Crippen LogP contribution in [0.2, 0.25) is 0 Å². The van der Waals surface area contributed by atoms with E-state index < -0.39 is 0 Å². The van der Waals surface area contributed by atoms with E-state index in [4.69, 9.17) is 4.74 Å². The first-order valence-corrected chi connectivity index (χ1v) is 6.15. The van der Waals surface area contributed by atoms with Crippen LogP contribution in [0.5, 0.6) is 0 Å². The molecule has 2 nitrogen and oxygen atoms in total. The van der Waals surface area contributed by atoms with Gasteiger partial charge < -0.3 is 10.1 Å². The fraction of sp³-hybridized carbons (Fsp3) is 0.571. The van der Waals surface area contributed by atoms with Crippen molar-refractivity contribution >= 4 is 5.69 Å². The van der Waals surface area contributed by atoms with Crippen LogP contribution >= 0.6 is 0 Å². The van der Waals surface area contributed by atoms with Crippen molar-refractivity contribution in [1.29, 1.82) is 0 Å². The van der Waals surface area contributed by atoms with Gasteiger partial charge in [0.05, 0.1) is 12.7 Å². The van der Waals surface area contributed by atoms with Crippen molar-refractivity contribution in [2.24, 2.45) is 0 Å². The van der Waals surface area contributed by atoms with Crippen LogP contribution in [-0.2, 0) is 4.74 Å². The molecule has 0 aromatic heterocycles. The highest BCUT2D eigenvalue weighted by atomic mass is 16.5. The minimum absolute atomic E-state index is 0.378. The molecule has 0 amide bonds. The molecule has 0 spiro atoms. The summed E-state index contributed by atoms with van der Waals surface area (Å²) < 4.78 is 5.68. The summed E-state index contributed by atoms with van der Waals surface area (Å²) in [5.41, 5.74) is 2.48. The summed E-state index contributed by atoms with van der Waals surface area (Å²) in [6, 6.07) is 8.32. The maximum Gasteiger partial charge on any atom is 0.0642 e. The first-order chi connectivity index (χ1) is 7.74. The Morgan fingerprint density at radius 2 is 2.06 bits per heavy atom. The van der Waals surface area contributed by atoms with Gasteiger partial charge >= 0.3 is 0 Å². The molecule has 0 aliphatic carbocycles. The number of ether oxygens (including phenoxy) is 1. The van der Waals surface area contributed by atoms with Crippen LogP contribution in [0.4, 0.5) is 5.69 Å². The highest BCUT2D eigenvalue weighted by Gasteiger charge is 2.00. The fourth-order valence-electron chi connectivity index (χ4n) is 1.71. The first-order valence-electron chi connectivity index (χ1n) is 6.15. The maximum absolute atomic E-state index is 5.68. The zero-order valence-electron chi connectivity index (χ0n) is 10.6. The second-order valence-corrected chi connectivity index (χ2v) is 4.21. The molecule has 1 aromatic rings. The Morgan fingerprint density at radius 1 is 1.31 bits per heavy atom. The Hall–Kier alpha value is -1.02. The molecule has 1 rings (SSSR count). The van der Waals surface area contributed by atoms with Crippen LogP contribution in [0.15, 0.2) is 24.3 Å². The van der Waals surface area contributed by atoms with Gasteiger partial charge in [0.2, 0.25) is 0 Å². The second kappa shape index (κ2) is 7.29. The molecular formula is C14H23NO. The summed E-state index contributed by atoms with van der Waals surface area (Å²) in [5, 5.41) is 3.39. The third kappa shape index (κ3) is 4.67. The van der Waals surface area contributed by atoms with E-state index in [-0.39, 0.29) is 0 Å². The van der Waals surface area contributed by atoms with E-state index in [1.54, 1.807) is 0 Å². The van der Waals surface area contributed by atoms with Crippen molar-refractivity contribution in [3.05, 3.63) is 29.8 Å². The molecule has 1 unspecified atom stereocenters. The summed E-state index contributed by atoms with van der Waals surface area (Å²) >= 11 is 0. The molecule has 0 aliphatic rings. The summed E-state index contributed by atoms with van der Waals surface area (Å²) in [6.07, 6.45) is 2.71. The van der Waals surface area contributed by atoms with Crippen molar-refractivity contribution in [2.45, 2.75) is 39.7 Å². The number of benzene rings is 1. The Bertz CT molecular complexity index is 299. The van der Waals surface area contributed by atoms with Gasteiger partial charge in [0.25, 0.3) is 0 Å². The molecule has 16 heavy (non-hydrogen) atoms. The van der Waals surface area contributed by atoms with Crippen molar-refractivity contribution in [2.75, 3.05) is 18.5 Å². The minimum Gasteiger partial charge on any atom is -0.383 e. The second-order valence-electron chi connectivity index (χ2n) is 4.21. The first kappa shape index (κ1) is 13.0. The lowest BCUT2D eigenvalue weighted by molar-refractivity contribution is 0.0673. The van der Waals surface area contributed by atoms with Gasteiger partial charge in [-0.05, 0) is 31.9 Å². The van der Waals surface area contributed by atoms with E-state index >= 15 is 0 Å². The van der Waals surface area contributed by atoms with E-state index in [2.05, 4.69) is 50.4 Å². The largest absolute Gasteiger partial charge is 0.383 e. The zero-order valence-corrected chi connectivity index (χ0v) is 10.6. The molecule has 90 valence electrons.